The number of hydrogen-bond acceptors (Lipinski definition) is 13. The number of primary amides is 2. The van der Waals surface area contributed by atoms with Crippen LogP contribution in [0.4, 0.5) is 0 Å². The molecule has 5 aromatic rings. The van der Waals surface area contributed by atoms with Crippen LogP contribution >= 0.6 is 0 Å². The number of likely N-dealkylation sites (N-methyl/N-ethyl adjacent to an activating group) is 3. The highest BCUT2D eigenvalue weighted by Gasteiger charge is 2.46. The van der Waals surface area contributed by atoms with Crippen LogP contribution in [0.1, 0.15) is 111 Å². The minimum absolute atomic E-state index is 0.00318. The van der Waals surface area contributed by atoms with Crippen LogP contribution in [0.2, 0.25) is 0 Å². The average molecular weight is 1200 g/mol. The Labute approximate surface area is 514 Å². The fourth-order valence-electron chi connectivity index (χ4n) is 9.73. The van der Waals surface area contributed by atoms with Gasteiger partial charge in [0, 0.05) is 36.3 Å². The summed E-state index contributed by atoms with van der Waals surface area (Å²) in [6.45, 7) is 15.7. The van der Waals surface area contributed by atoms with E-state index in [9.17, 15) is 38.4 Å². The van der Waals surface area contributed by atoms with Gasteiger partial charge in [-0.1, -0.05) is 140 Å². The van der Waals surface area contributed by atoms with Gasteiger partial charge >= 0.3 is 0 Å². The molecule has 472 valence electrons. The van der Waals surface area contributed by atoms with E-state index in [1.54, 1.807) is 56.1 Å². The van der Waals surface area contributed by atoms with Crippen molar-refractivity contribution < 1.29 is 47.8 Å². The molecule has 0 radical (unpaired) electrons. The number of aldehydes is 1. The number of carbonyl (C=O) groups excluding carboxylic acids is 8. The van der Waals surface area contributed by atoms with Crippen molar-refractivity contribution >= 4 is 47.6 Å². The lowest BCUT2D eigenvalue weighted by Crippen LogP contribution is -2.58. The summed E-state index contributed by atoms with van der Waals surface area (Å²) in [5.41, 5.74) is 15.9. The second-order valence-electron chi connectivity index (χ2n) is 22.9. The van der Waals surface area contributed by atoms with Gasteiger partial charge in [0.2, 0.25) is 29.5 Å². The van der Waals surface area contributed by atoms with Gasteiger partial charge in [-0.3, -0.25) is 33.6 Å². The highest BCUT2D eigenvalue weighted by molar-refractivity contribution is 5.99. The van der Waals surface area contributed by atoms with E-state index in [4.69, 9.17) is 20.9 Å². The van der Waals surface area contributed by atoms with Crippen LogP contribution in [0.25, 0.3) is 0 Å². The summed E-state index contributed by atoms with van der Waals surface area (Å²) in [5, 5.41) is 16.8. The fraction of sp³-hybridized carbons (Fsp3) is 0.433. The van der Waals surface area contributed by atoms with E-state index in [2.05, 4.69) is 105 Å². The third-order valence-corrected chi connectivity index (χ3v) is 14.2. The Bertz CT molecular complexity index is 2850. The van der Waals surface area contributed by atoms with Gasteiger partial charge in [-0.2, -0.15) is 0 Å². The molecule has 7 amide bonds. The first-order chi connectivity index (χ1) is 41.4. The molecule has 2 aliphatic rings. The van der Waals surface area contributed by atoms with Gasteiger partial charge < -0.3 is 67.4 Å². The quantitative estimate of drug-likeness (QED) is 0.0451. The van der Waals surface area contributed by atoms with Crippen LogP contribution in [0.5, 0.6) is 11.5 Å². The zero-order valence-corrected chi connectivity index (χ0v) is 53.0. The molecule has 2 heterocycles. The van der Waals surface area contributed by atoms with Crippen LogP contribution < -0.4 is 52.8 Å². The number of nitrogens with zero attached hydrogens (tertiary/aromatic N) is 2. The Morgan fingerprint density at radius 2 is 0.897 bits per heavy atom. The van der Waals surface area contributed by atoms with Gasteiger partial charge in [0.05, 0.1) is 33.4 Å². The average Bonchev–Trinajstić information content (AvgIpc) is 2.14. The Hall–Kier alpha value is -8.46. The molecule has 10 N–H and O–H groups in total. The number of amides is 7. The molecule has 0 saturated carbocycles. The van der Waals surface area contributed by atoms with E-state index < -0.39 is 76.6 Å². The topological polar surface area (TPSA) is 286 Å². The molecule has 0 spiro atoms. The third kappa shape index (κ3) is 23.7. The van der Waals surface area contributed by atoms with E-state index in [0.29, 0.717) is 6.54 Å². The maximum absolute atomic E-state index is 13.6. The van der Waals surface area contributed by atoms with Gasteiger partial charge in [-0.25, -0.2) is 0 Å². The Kier molecular flexibility index (Phi) is 30.6. The second kappa shape index (κ2) is 36.5. The molecule has 20 nitrogen and oxygen atoms in total. The van der Waals surface area contributed by atoms with Gasteiger partial charge in [0.1, 0.15) is 35.9 Å². The summed E-state index contributed by atoms with van der Waals surface area (Å²) < 4.78 is 10.2. The van der Waals surface area contributed by atoms with Crippen LogP contribution in [-0.4, -0.2) is 155 Å². The number of rotatable bonds is 20. The predicted molar refractivity (Wildman–Crippen MR) is 341 cm³/mol. The molecule has 5 aromatic carbocycles. The third-order valence-electron chi connectivity index (χ3n) is 14.2. The first kappa shape index (κ1) is 72.8. The van der Waals surface area contributed by atoms with Crippen molar-refractivity contribution in [3.8, 4) is 11.5 Å². The first-order valence-electron chi connectivity index (χ1n) is 29.3. The van der Waals surface area contributed by atoms with Crippen LogP contribution in [0, 0.1) is 10.8 Å². The molecular formula is C67H94N10O10. The Balaban J connectivity index is 0.000000425. The molecule has 2 saturated heterocycles. The zero-order valence-electron chi connectivity index (χ0n) is 53.0. The van der Waals surface area contributed by atoms with Gasteiger partial charge in [0.15, 0.2) is 0 Å². The maximum Gasteiger partial charge on any atom is 0.251 e. The molecule has 20 heteroatoms. The van der Waals surface area contributed by atoms with Crippen LogP contribution in [0.3, 0.4) is 0 Å². The van der Waals surface area contributed by atoms with E-state index in [-0.39, 0.29) is 55.4 Å². The molecule has 0 bridgehead atoms. The number of nitrogens with one attached hydrogen (secondary N) is 6. The fourth-order valence-corrected chi connectivity index (χ4v) is 9.73. The minimum atomic E-state index is -0.988. The lowest BCUT2D eigenvalue weighted by atomic mass is 9.85. The summed E-state index contributed by atoms with van der Waals surface area (Å²) in [6, 6.07) is 38.7. The van der Waals surface area contributed by atoms with Crippen molar-refractivity contribution in [2.24, 2.45) is 22.3 Å². The van der Waals surface area contributed by atoms with Gasteiger partial charge in [-0.05, 0) is 128 Å². The monoisotopic (exact) mass is 1200 g/mol. The number of methoxy groups -OCH3 is 2. The summed E-state index contributed by atoms with van der Waals surface area (Å²) in [4.78, 5) is 102. The molecule has 0 aliphatic carbocycles. The van der Waals surface area contributed by atoms with Gasteiger partial charge in [0.25, 0.3) is 11.8 Å². The van der Waals surface area contributed by atoms with Crippen LogP contribution in [-0.2, 0) is 41.6 Å². The standard InChI is InChI=1S/C34H53N9O7.2C14H14O.C3H7NO.C2H6/c1-33(2,3)25(38-8)31(49)42-16-20(13-22(42)27(35)45)39-29(47)18-9-11-19(12-10-18)30(48)40-21-14-23(28(36)46)43(17-21)32(50)26(34(4,5)6)41-24(44)15-37-7;2*1-15-14-9-7-13(8-10-14)11-12-5-3-2-4-6-12;1-4-2-3-5;1-2/h9-12,20-23,25-26,37-38H,13-17H2,1-8H3,(H2,35,45)(H2,36,46)(H,39,47)(H,40,48)(H,41,44);2*2-10H,11H2,1H3;3-4H,2H2,1H3;1-2H3/t20?,21?,22?,23-,25?,26?;;;;/m0..../s1. The van der Waals surface area contributed by atoms with Crippen molar-refractivity contribution in [2.45, 2.75) is 117 Å². The lowest BCUT2D eigenvalue weighted by molar-refractivity contribution is -0.143. The normalized spacial score (nSPS) is 16.6. The Morgan fingerprint density at radius 1 is 0.540 bits per heavy atom. The molecule has 7 rings (SSSR count). The van der Waals surface area contributed by atoms with E-state index >= 15 is 0 Å². The van der Waals surface area contributed by atoms with Crippen molar-refractivity contribution in [1.29, 1.82) is 0 Å². The molecular weight excluding hydrogens is 1100 g/mol. The second-order valence-corrected chi connectivity index (χ2v) is 22.9. The number of benzene rings is 5. The summed E-state index contributed by atoms with van der Waals surface area (Å²) >= 11 is 0. The van der Waals surface area contributed by atoms with Gasteiger partial charge in [-0.15, -0.1) is 0 Å². The summed E-state index contributed by atoms with van der Waals surface area (Å²) in [5.74, 6) is -1.65. The minimum Gasteiger partial charge on any atom is -0.497 e. The summed E-state index contributed by atoms with van der Waals surface area (Å²) in [6.07, 6.45) is 3.03. The van der Waals surface area contributed by atoms with Crippen molar-refractivity contribution in [3.05, 3.63) is 167 Å². The van der Waals surface area contributed by atoms with E-state index in [1.165, 1.54) is 56.3 Å². The molecule has 2 fully saturated rings. The SMILES string of the molecule is CC.CNCC(=O)NC(C(=O)N1CC(NC(=O)c2ccc(C(=O)NC3CC(C(N)=O)N(C(=O)C(NC)C(C)(C)C)C3)cc2)C[C@H]1C(N)=O)C(C)(C)C.CNCC=O.COc1ccc(Cc2ccccc2)cc1.COc1ccc(Cc2ccccc2)cc1. The summed E-state index contributed by atoms with van der Waals surface area (Å²) in [7, 11) is 8.38. The smallest absolute Gasteiger partial charge is 0.251 e. The van der Waals surface area contributed by atoms with E-state index in [1.807, 2.05) is 71.0 Å². The predicted octanol–water partition coefficient (Wildman–Crippen LogP) is 5.44. The number of likely N-dealkylation sites (tertiary alicyclic amines) is 2. The van der Waals surface area contributed by atoms with Crippen molar-refractivity contribution in [2.75, 3.05) is 61.5 Å². The maximum atomic E-state index is 13.6. The molecule has 0 aromatic heterocycles. The molecule has 5 unspecified atom stereocenters. The Morgan fingerprint density at radius 3 is 1.18 bits per heavy atom. The number of carbonyl (C=O) groups is 8. The van der Waals surface area contributed by atoms with Crippen LogP contribution in [0.15, 0.2) is 133 Å². The first-order valence-corrected chi connectivity index (χ1v) is 29.3. The molecule has 2 aliphatic heterocycles. The highest BCUT2D eigenvalue weighted by atomic mass is 16.5. The zero-order chi connectivity index (χ0) is 64.9. The number of hydrogen-bond donors (Lipinski definition) is 8. The number of ether oxygens (including phenoxy) is 2. The lowest BCUT2D eigenvalue weighted by Gasteiger charge is -2.35. The largest absolute Gasteiger partial charge is 0.497 e. The molecule has 87 heavy (non-hydrogen) atoms. The van der Waals surface area contributed by atoms with Crippen molar-refractivity contribution in [1.82, 2.24) is 41.7 Å². The highest BCUT2D eigenvalue weighted by Crippen LogP contribution is 2.28. The number of nitrogens with two attached hydrogens (primary N) is 2. The molecule has 6 atom stereocenters. The van der Waals surface area contributed by atoms with Crippen molar-refractivity contribution in [3.63, 3.8) is 0 Å². The van der Waals surface area contributed by atoms with E-state index in [0.717, 1.165) is 30.6 Å².